The van der Waals surface area contributed by atoms with Gasteiger partial charge >= 0.3 is 0 Å². The molecular formula is C22H35FSi. The molecule has 0 heterocycles. The van der Waals surface area contributed by atoms with Crippen LogP contribution < -0.4 is 0 Å². The Morgan fingerprint density at radius 1 is 0.875 bits per heavy atom. The number of benzene rings is 1. The summed E-state index contributed by atoms with van der Waals surface area (Å²) < 4.78 is 13.8. The monoisotopic (exact) mass is 346 g/mol. The molecule has 0 aliphatic heterocycles. The molecule has 0 aromatic heterocycles. The first-order valence-electron chi connectivity index (χ1n) is 10.4. The fourth-order valence-corrected chi connectivity index (χ4v) is 5.86. The van der Waals surface area contributed by atoms with Gasteiger partial charge in [-0.15, -0.1) is 0 Å². The lowest BCUT2D eigenvalue weighted by atomic mass is 9.74. The maximum Gasteiger partial charge on any atom is 0.126 e. The fraction of sp³-hybridized carbons (Fsp3) is 0.727. The summed E-state index contributed by atoms with van der Waals surface area (Å²) in [4.78, 5) is 0. The van der Waals surface area contributed by atoms with Crippen molar-refractivity contribution in [3.63, 3.8) is 0 Å². The fourth-order valence-electron chi connectivity index (χ4n) is 5.05. The van der Waals surface area contributed by atoms with Crippen molar-refractivity contribution >= 4 is 10.2 Å². The van der Waals surface area contributed by atoms with Crippen molar-refractivity contribution < 1.29 is 4.39 Å². The van der Waals surface area contributed by atoms with E-state index in [1.165, 1.54) is 86.1 Å². The Labute approximate surface area is 151 Å². The zero-order valence-electron chi connectivity index (χ0n) is 15.7. The second-order valence-electron chi connectivity index (χ2n) is 8.60. The van der Waals surface area contributed by atoms with E-state index in [0.717, 1.165) is 23.3 Å². The van der Waals surface area contributed by atoms with Crippen LogP contribution in [0.25, 0.3) is 0 Å². The average Bonchev–Trinajstić information content (AvgIpc) is 2.63. The molecule has 2 aliphatic carbocycles. The highest BCUT2D eigenvalue weighted by Gasteiger charge is 2.25. The molecule has 0 saturated heterocycles. The predicted molar refractivity (Wildman–Crippen MR) is 105 cm³/mol. The van der Waals surface area contributed by atoms with Crippen LogP contribution in [0.1, 0.15) is 81.3 Å². The van der Waals surface area contributed by atoms with Gasteiger partial charge in [-0.05, 0) is 73.5 Å². The van der Waals surface area contributed by atoms with Crippen molar-refractivity contribution in [2.75, 3.05) is 0 Å². The molecule has 0 spiro atoms. The summed E-state index contributed by atoms with van der Waals surface area (Å²) in [6, 6.07) is 7.41. The maximum atomic E-state index is 13.8. The van der Waals surface area contributed by atoms with Gasteiger partial charge in [0.05, 0.1) is 0 Å². The van der Waals surface area contributed by atoms with Gasteiger partial charge in [-0.2, -0.15) is 0 Å². The minimum absolute atomic E-state index is 0.0278. The highest BCUT2D eigenvalue weighted by atomic mass is 28.1. The van der Waals surface area contributed by atoms with E-state index in [9.17, 15) is 4.39 Å². The van der Waals surface area contributed by atoms with Gasteiger partial charge in [-0.3, -0.25) is 0 Å². The Balaban J connectivity index is 1.40. The van der Waals surface area contributed by atoms with E-state index in [1.807, 2.05) is 13.0 Å². The first-order chi connectivity index (χ1) is 11.7. The third-order valence-corrected chi connectivity index (χ3v) is 8.20. The quantitative estimate of drug-likeness (QED) is 0.593. The number of hydrogen-bond donors (Lipinski definition) is 0. The topological polar surface area (TPSA) is 0 Å². The van der Waals surface area contributed by atoms with Crippen LogP contribution in [-0.4, -0.2) is 10.2 Å². The lowest BCUT2D eigenvalue weighted by Crippen LogP contribution is -2.17. The molecule has 24 heavy (non-hydrogen) atoms. The molecule has 1 aromatic rings. The van der Waals surface area contributed by atoms with Crippen LogP contribution in [-0.2, 0) is 0 Å². The van der Waals surface area contributed by atoms with Crippen LogP contribution in [0.4, 0.5) is 4.39 Å². The molecule has 3 rings (SSSR count). The molecule has 2 fully saturated rings. The van der Waals surface area contributed by atoms with Crippen molar-refractivity contribution in [3.05, 3.63) is 35.1 Å². The Hall–Kier alpha value is -0.633. The Morgan fingerprint density at radius 3 is 1.96 bits per heavy atom. The zero-order chi connectivity index (χ0) is 16.9. The molecule has 0 unspecified atom stereocenters. The van der Waals surface area contributed by atoms with Crippen molar-refractivity contribution in [1.29, 1.82) is 0 Å². The molecule has 1 aromatic carbocycles. The maximum absolute atomic E-state index is 13.8. The van der Waals surface area contributed by atoms with E-state index in [4.69, 9.17) is 0 Å². The van der Waals surface area contributed by atoms with Gasteiger partial charge in [-0.1, -0.05) is 56.7 Å². The largest absolute Gasteiger partial charge is 0.207 e. The van der Waals surface area contributed by atoms with Gasteiger partial charge in [0.1, 0.15) is 5.82 Å². The molecule has 0 atom stereocenters. The summed E-state index contributed by atoms with van der Waals surface area (Å²) >= 11 is 0. The van der Waals surface area contributed by atoms with E-state index in [-0.39, 0.29) is 5.82 Å². The molecule has 134 valence electrons. The first kappa shape index (κ1) is 18.2. The Kier molecular flexibility index (Phi) is 6.54. The van der Waals surface area contributed by atoms with Crippen molar-refractivity contribution in [2.45, 2.75) is 83.1 Å². The second-order valence-corrected chi connectivity index (χ2v) is 9.42. The number of rotatable bonds is 5. The van der Waals surface area contributed by atoms with E-state index in [2.05, 4.69) is 6.07 Å². The predicted octanol–water partition coefficient (Wildman–Crippen LogP) is 5.78. The zero-order valence-corrected chi connectivity index (χ0v) is 17.7. The van der Waals surface area contributed by atoms with Crippen LogP contribution in [0.3, 0.4) is 0 Å². The Morgan fingerprint density at radius 2 is 1.42 bits per heavy atom. The Bertz CT molecular complexity index is 511. The van der Waals surface area contributed by atoms with Gasteiger partial charge in [0.2, 0.25) is 0 Å². The van der Waals surface area contributed by atoms with Crippen molar-refractivity contribution in [1.82, 2.24) is 0 Å². The van der Waals surface area contributed by atoms with Gasteiger partial charge in [0, 0.05) is 10.2 Å². The van der Waals surface area contributed by atoms with Crippen LogP contribution in [0, 0.1) is 30.5 Å². The summed E-state index contributed by atoms with van der Waals surface area (Å²) in [6.07, 6.45) is 14.2. The van der Waals surface area contributed by atoms with Gasteiger partial charge in [0.25, 0.3) is 0 Å². The van der Waals surface area contributed by atoms with Crippen LogP contribution in [0.5, 0.6) is 0 Å². The smallest absolute Gasteiger partial charge is 0.126 e. The van der Waals surface area contributed by atoms with Crippen LogP contribution in [0.2, 0.25) is 6.04 Å². The minimum atomic E-state index is -0.0278. The summed E-state index contributed by atoms with van der Waals surface area (Å²) in [5.74, 6) is 3.62. The van der Waals surface area contributed by atoms with Gasteiger partial charge < -0.3 is 0 Å². The number of hydrogen-bond acceptors (Lipinski definition) is 0. The van der Waals surface area contributed by atoms with E-state index in [1.54, 1.807) is 6.07 Å². The van der Waals surface area contributed by atoms with E-state index >= 15 is 0 Å². The summed E-state index contributed by atoms with van der Waals surface area (Å²) in [6.45, 7) is 1.85. The molecule has 2 saturated carbocycles. The molecule has 0 nitrogen and oxygen atoms in total. The molecule has 2 aliphatic rings. The summed E-state index contributed by atoms with van der Waals surface area (Å²) in [5.41, 5.74) is 2.01. The summed E-state index contributed by atoms with van der Waals surface area (Å²) in [5, 5.41) is 0. The highest BCUT2D eigenvalue weighted by Crippen LogP contribution is 2.40. The highest BCUT2D eigenvalue weighted by molar-refractivity contribution is 6.08. The molecule has 0 N–H and O–H groups in total. The lowest BCUT2D eigenvalue weighted by molar-refractivity contribution is 0.238. The minimum Gasteiger partial charge on any atom is -0.207 e. The standard InChI is InChI=1S/C22H35FSi/c1-16-2-11-21(14-22(16)23)20-12-9-18(10-13-20)4-3-17-5-7-19(15-24)8-6-17/h2,11,14,17-20H,3-10,12-13,15H2,1,24H3. The molecular weight excluding hydrogens is 311 g/mol. The average molecular weight is 347 g/mol. The van der Waals surface area contributed by atoms with Crippen molar-refractivity contribution in [2.24, 2.45) is 17.8 Å². The second kappa shape index (κ2) is 8.65. The SMILES string of the molecule is Cc1ccc(C2CCC(CCC3CCC(C[SiH3])CC3)CC2)cc1F. The molecule has 0 radical (unpaired) electrons. The normalized spacial score (nSPS) is 31.2. The number of halogens is 1. The third-order valence-electron chi connectivity index (χ3n) is 7.04. The first-order valence-corrected chi connectivity index (χ1v) is 11.8. The summed E-state index contributed by atoms with van der Waals surface area (Å²) in [7, 11) is 1.39. The third kappa shape index (κ3) is 4.71. The van der Waals surface area contributed by atoms with Gasteiger partial charge in [-0.25, -0.2) is 4.39 Å². The lowest BCUT2D eigenvalue weighted by Gasteiger charge is -2.32. The van der Waals surface area contributed by atoms with E-state index in [0.29, 0.717) is 5.92 Å². The van der Waals surface area contributed by atoms with Crippen molar-refractivity contribution in [3.8, 4) is 0 Å². The number of aryl methyl sites for hydroxylation is 1. The van der Waals surface area contributed by atoms with Crippen LogP contribution in [0.15, 0.2) is 18.2 Å². The molecule has 2 heteroatoms. The molecule has 0 amide bonds. The molecule has 0 bridgehead atoms. The van der Waals surface area contributed by atoms with E-state index < -0.39 is 0 Å². The van der Waals surface area contributed by atoms with Crippen LogP contribution >= 0.6 is 0 Å². The van der Waals surface area contributed by atoms with Gasteiger partial charge in [0.15, 0.2) is 0 Å².